The Morgan fingerprint density at radius 1 is 1.13 bits per heavy atom. The maximum absolute atomic E-state index is 13.0. The number of carbonyl (C=O) groups is 2. The fourth-order valence-electron chi connectivity index (χ4n) is 3.25. The molecule has 31 heavy (non-hydrogen) atoms. The van der Waals surface area contributed by atoms with Crippen LogP contribution in [0.5, 0.6) is 5.75 Å². The van der Waals surface area contributed by atoms with Crippen molar-refractivity contribution in [3.8, 4) is 17.1 Å². The van der Waals surface area contributed by atoms with Gasteiger partial charge in [-0.2, -0.15) is 13.2 Å². The topological polar surface area (TPSA) is 69.0 Å². The summed E-state index contributed by atoms with van der Waals surface area (Å²) in [5, 5.41) is 0. The van der Waals surface area contributed by atoms with Crippen LogP contribution in [-0.2, 0) is 10.9 Å². The maximum atomic E-state index is 13.0. The van der Waals surface area contributed by atoms with Crippen LogP contribution in [0.2, 0.25) is 0 Å². The summed E-state index contributed by atoms with van der Waals surface area (Å²) in [4.78, 5) is 26.2. The second-order valence-electron chi connectivity index (χ2n) is 8.48. The summed E-state index contributed by atoms with van der Waals surface area (Å²) in [6.07, 6.45) is -4.99. The molecule has 168 valence electrons. The quantitative estimate of drug-likeness (QED) is 0.602. The van der Waals surface area contributed by atoms with Gasteiger partial charge in [-0.1, -0.05) is 0 Å². The van der Waals surface area contributed by atoms with Crippen LogP contribution in [0.4, 0.5) is 18.0 Å². The average molecular weight is 439 g/mol. The Morgan fingerprint density at radius 3 is 2.32 bits per heavy atom. The van der Waals surface area contributed by atoms with Crippen molar-refractivity contribution in [2.24, 2.45) is 5.92 Å². The molecule has 1 aromatic carbocycles. The summed E-state index contributed by atoms with van der Waals surface area (Å²) in [7, 11) is 1.27. The van der Waals surface area contributed by atoms with Crippen LogP contribution in [0, 0.1) is 12.8 Å². The Labute approximate surface area is 177 Å². The number of ether oxygens (including phenoxy) is 2. The van der Waals surface area contributed by atoms with Crippen LogP contribution >= 0.6 is 0 Å². The number of likely N-dealkylation sites (tertiary alicyclic amines) is 1. The summed E-state index contributed by atoms with van der Waals surface area (Å²) in [6.45, 7) is 7.40. The van der Waals surface area contributed by atoms with Gasteiger partial charge >= 0.3 is 12.3 Å². The van der Waals surface area contributed by atoms with Gasteiger partial charge in [-0.25, -0.2) is 4.79 Å². The fraction of sp³-hybridized carbons (Fsp3) is 0.455. The van der Waals surface area contributed by atoms with Gasteiger partial charge in [0.15, 0.2) is 5.76 Å². The lowest BCUT2D eigenvalue weighted by atomic mass is 9.94. The standard InChI is InChI=1S/C22H24F3NO5/c1-12-8-17(18(27)13-10-26(11-13)20(28)31-21(2,3)4)30-19(12)15-7-6-14(22(23,24)25)9-16(15)29-5/h6-9,13H,10-11H2,1-5H3. The molecule has 0 spiro atoms. The highest BCUT2D eigenvalue weighted by atomic mass is 19.4. The number of ketones is 1. The third-order valence-corrected chi connectivity index (χ3v) is 4.84. The van der Waals surface area contributed by atoms with Gasteiger partial charge in [0.1, 0.15) is 17.1 Å². The predicted octanol–water partition coefficient (Wildman–Crippen LogP) is 5.33. The highest BCUT2D eigenvalue weighted by molar-refractivity contribution is 5.98. The zero-order chi connectivity index (χ0) is 23.1. The number of rotatable bonds is 4. The Bertz CT molecular complexity index is 998. The minimum atomic E-state index is -4.50. The van der Waals surface area contributed by atoms with E-state index in [4.69, 9.17) is 13.9 Å². The SMILES string of the molecule is COc1cc(C(F)(F)F)ccc1-c1oc(C(=O)C2CN(C(=O)OC(C)(C)C)C2)cc1C. The van der Waals surface area contributed by atoms with Crippen LogP contribution in [0.3, 0.4) is 0 Å². The molecule has 2 aromatic rings. The number of Topliss-reactive ketones (excluding diaryl/α,β-unsaturated/α-hetero) is 1. The molecule has 0 saturated carbocycles. The summed E-state index contributed by atoms with van der Waals surface area (Å²) in [5.41, 5.74) is -0.564. The number of furan rings is 1. The van der Waals surface area contributed by atoms with Gasteiger partial charge < -0.3 is 18.8 Å². The van der Waals surface area contributed by atoms with Crippen LogP contribution < -0.4 is 4.74 Å². The lowest BCUT2D eigenvalue weighted by Crippen LogP contribution is -2.54. The van der Waals surface area contributed by atoms with Gasteiger partial charge in [0.2, 0.25) is 5.78 Å². The van der Waals surface area contributed by atoms with Crippen molar-refractivity contribution in [1.82, 2.24) is 4.90 Å². The van der Waals surface area contributed by atoms with Gasteiger partial charge in [0, 0.05) is 13.1 Å². The highest BCUT2D eigenvalue weighted by Crippen LogP contribution is 2.39. The molecule has 2 heterocycles. The second kappa shape index (κ2) is 7.94. The number of amides is 1. The molecule has 9 heteroatoms. The van der Waals surface area contributed by atoms with E-state index in [2.05, 4.69) is 0 Å². The van der Waals surface area contributed by atoms with E-state index < -0.39 is 29.4 Å². The monoisotopic (exact) mass is 439 g/mol. The smallest absolute Gasteiger partial charge is 0.416 e. The molecule has 0 aliphatic carbocycles. The molecule has 1 amide bonds. The lowest BCUT2D eigenvalue weighted by Gasteiger charge is -2.38. The zero-order valence-corrected chi connectivity index (χ0v) is 17.9. The molecular weight excluding hydrogens is 415 g/mol. The zero-order valence-electron chi connectivity index (χ0n) is 17.9. The minimum Gasteiger partial charge on any atom is -0.496 e. The summed E-state index contributed by atoms with van der Waals surface area (Å²) in [6, 6.07) is 4.63. The second-order valence-corrected chi connectivity index (χ2v) is 8.48. The first kappa shape index (κ1) is 22.7. The molecule has 1 aliphatic heterocycles. The fourth-order valence-corrected chi connectivity index (χ4v) is 3.25. The number of carbonyl (C=O) groups excluding carboxylic acids is 2. The molecule has 0 bridgehead atoms. The number of aryl methyl sites for hydroxylation is 1. The summed E-state index contributed by atoms with van der Waals surface area (Å²) >= 11 is 0. The minimum absolute atomic E-state index is 0.00832. The normalized spacial score (nSPS) is 14.9. The van der Waals surface area contributed by atoms with Crippen LogP contribution in [0.15, 0.2) is 28.7 Å². The average Bonchev–Trinajstić information content (AvgIpc) is 2.99. The number of hydrogen-bond acceptors (Lipinski definition) is 5. The van der Waals surface area contributed by atoms with E-state index in [-0.39, 0.29) is 36.1 Å². The molecule has 0 N–H and O–H groups in total. The molecule has 0 atom stereocenters. The van der Waals surface area contributed by atoms with Gasteiger partial charge in [-0.15, -0.1) is 0 Å². The van der Waals surface area contributed by atoms with E-state index in [0.717, 1.165) is 12.1 Å². The molecule has 0 unspecified atom stereocenters. The number of halogens is 3. The van der Waals surface area contributed by atoms with Crippen molar-refractivity contribution >= 4 is 11.9 Å². The Morgan fingerprint density at radius 2 is 1.77 bits per heavy atom. The van der Waals surface area contributed by atoms with Gasteiger partial charge in [-0.05, 0) is 57.5 Å². The van der Waals surface area contributed by atoms with Crippen molar-refractivity contribution in [3.05, 3.63) is 41.2 Å². The van der Waals surface area contributed by atoms with Gasteiger partial charge in [0.25, 0.3) is 0 Å². The number of nitrogens with zero attached hydrogens (tertiary/aromatic N) is 1. The Hall–Kier alpha value is -2.97. The first-order valence-electron chi connectivity index (χ1n) is 9.68. The van der Waals surface area contributed by atoms with Crippen LogP contribution in [-0.4, -0.2) is 42.6 Å². The molecule has 1 aromatic heterocycles. The van der Waals surface area contributed by atoms with E-state index >= 15 is 0 Å². The molecule has 6 nitrogen and oxygen atoms in total. The van der Waals surface area contributed by atoms with E-state index in [9.17, 15) is 22.8 Å². The largest absolute Gasteiger partial charge is 0.496 e. The third-order valence-electron chi connectivity index (χ3n) is 4.84. The number of hydrogen-bond donors (Lipinski definition) is 0. The summed E-state index contributed by atoms with van der Waals surface area (Å²) in [5.74, 6) is -0.369. The molecule has 0 radical (unpaired) electrons. The molecule has 1 fully saturated rings. The van der Waals surface area contributed by atoms with Crippen molar-refractivity contribution in [2.75, 3.05) is 20.2 Å². The van der Waals surface area contributed by atoms with Gasteiger partial charge in [0.05, 0.1) is 24.2 Å². The predicted molar refractivity (Wildman–Crippen MR) is 106 cm³/mol. The van der Waals surface area contributed by atoms with Gasteiger partial charge in [-0.3, -0.25) is 4.79 Å². The lowest BCUT2D eigenvalue weighted by molar-refractivity contribution is -0.137. The third kappa shape index (κ3) is 4.86. The van der Waals surface area contributed by atoms with E-state index in [0.29, 0.717) is 11.1 Å². The molecule has 1 aliphatic rings. The molecular formula is C22H24F3NO5. The van der Waals surface area contributed by atoms with Crippen molar-refractivity contribution in [2.45, 2.75) is 39.5 Å². The Kier molecular flexibility index (Phi) is 5.82. The highest BCUT2D eigenvalue weighted by Gasteiger charge is 2.39. The molecule has 3 rings (SSSR count). The van der Waals surface area contributed by atoms with Crippen molar-refractivity contribution < 1.29 is 36.7 Å². The molecule has 1 saturated heterocycles. The summed E-state index contributed by atoms with van der Waals surface area (Å²) < 4.78 is 55.1. The van der Waals surface area contributed by atoms with Crippen LogP contribution in [0.1, 0.15) is 42.5 Å². The van der Waals surface area contributed by atoms with E-state index in [1.165, 1.54) is 18.1 Å². The first-order valence-corrected chi connectivity index (χ1v) is 9.68. The van der Waals surface area contributed by atoms with Crippen LogP contribution in [0.25, 0.3) is 11.3 Å². The van der Waals surface area contributed by atoms with E-state index in [1.807, 2.05) is 0 Å². The van der Waals surface area contributed by atoms with Crippen molar-refractivity contribution in [1.29, 1.82) is 0 Å². The first-order chi connectivity index (χ1) is 14.3. The number of alkyl halides is 3. The van der Waals surface area contributed by atoms with Crippen molar-refractivity contribution in [3.63, 3.8) is 0 Å². The number of benzene rings is 1. The van der Waals surface area contributed by atoms with E-state index in [1.54, 1.807) is 33.8 Å². The number of methoxy groups -OCH3 is 1. The Balaban J connectivity index is 1.76. The maximum Gasteiger partial charge on any atom is 0.416 e.